The normalized spacial score (nSPS) is 11.2. The maximum Gasteiger partial charge on any atom is 0.114 e. The number of imidazole rings is 1. The first kappa shape index (κ1) is 13.7. The van der Waals surface area contributed by atoms with Crippen LogP contribution in [0, 0.1) is 13.8 Å². The highest BCUT2D eigenvalue weighted by Gasteiger charge is 2.12. The molecule has 3 rings (SSSR count). The van der Waals surface area contributed by atoms with Crippen LogP contribution in [0.2, 0.25) is 0 Å². The Kier molecular flexibility index (Phi) is 3.42. The van der Waals surface area contributed by atoms with E-state index in [-0.39, 0.29) is 0 Å². The summed E-state index contributed by atoms with van der Waals surface area (Å²) in [6.45, 7) is 6.46. The molecule has 2 N–H and O–H groups in total. The van der Waals surface area contributed by atoms with Crippen molar-refractivity contribution in [1.29, 1.82) is 0 Å². The molecule has 0 amide bonds. The lowest BCUT2D eigenvalue weighted by Crippen LogP contribution is -2.01. The fourth-order valence-corrected chi connectivity index (χ4v) is 2.69. The van der Waals surface area contributed by atoms with Crippen LogP contribution in [-0.2, 0) is 6.42 Å². The van der Waals surface area contributed by atoms with E-state index in [4.69, 9.17) is 10.7 Å². The van der Waals surface area contributed by atoms with Crippen LogP contribution in [0.3, 0.4) is 0 Å². The molecule has 21 heavy (non-hydrogen) atoms. The van der Waals surface area contributed by atoms with Crippen molar-refractivity contribution in [2.45, 2.75) is 33.6 Å². The molecule has 0 unspecified atom stereocenters. The van der Waals surface area contributed by atoms with Crippen LogP contribution in [0.15, 0.2) is 36.4 Å². The van der Waals surface area contributed by atoms with Crippen LogP contribution in [0.25, 0.3) is 16.7 Å². The number of hydrogen-bond donors (Lipinski definition) is 1. The van der Waals surface area contributed by atoms with E-state index < -0.39 is 0 Å². The molecule has 0 saturated heterocycles. The van der Waals surface area contributed by atoms with Gasteiger partial charge < -0.3 is 5.73 Å². The van der Waals surface area contributed by atoms with Crippen molar-refractivity contribution in [3.8, 4) is 5.69 Å². The molecule has 108 valence electrons. The Bertz CT molecular complexity index is 800. The molecule has 0 radical (unpaired) electrons. The highest BCUT2D eigenvalue weighted by atomic mass is 15.1. The third-order valence-corrected chi connectivity index (χ3v) is 3.97. The van der Waals surface area contributed by atoms with E-state index in [0.717, 1.165) is 35.4 Å². The van der Waals surface area contributed by atoms with Gasteiger partial charge in [0, 0.05) is 17.8 Å². The average Bonchev–Trinajstić information content (AvgIpc) is 2.79. The van der Waals surface area contributed by atoms with Gasteiger partial charge in [-0.1, -0.05) is 13.0 Å². The Hall–Kier alpha value is -2.29. The minimum Gasteiger partial charge on any atom is -0.399 e. The summed E-state index contributed by atoms with van der Waals surface area (Å²) in [5, 5.41) is 0. The van der Waals surface area contributed by atoms with Crippen LogP contribution in [0.5, 0.6) is 0 Å². The zero-order valence-corrected chi connectivity index (χ0v) is 12.9. The molecule has 0 fully saturated rings. The Morgan fingerprint density at radius 2 is 1.86 bits per heavy atom. The molecule has 1 heterocycles. The van der Waals surface area contributed by atoms with Crippen molar-refractivity contribution < 1.29 is 0 Å². The van der Waals surface area contributed by atoms with Crippen LogP contribution in [0.4, 0.5) is 5.69 Å². The minimum absolute atomic E-state index is 0.760. The molecule has 1 aromatic heterocycles. The molecule has 3 aromatic rings. The van der Waals surface area contributed by atoms with Gasteiger partial charge in [0.25, 0.3) is 0 Å². The number of aryl methyl sites for hydroxylation is 3. The fraction of sp³-hybridized carbons (Fsp3) is 0.278. The Balaban J connectivity index is 2.27. The first-order valence-electron chi connectivity index (χ1n) is 7.44. The molecule has 2 aromatic carbocycles. The Morgan fingerprint density at radius 3 is 2.57 bits per heavy atom. The minimum atomic E-state index is 0.760. The van der Waals surface area contributed by atoms with Gasteiger partial charge in [-0.3, -0.25) is 4.57 Å². The van der Waals surface area contributed by atoms with E-state index >= 15 is 0 Å². The molecular formula is C18H21N3. The van der Waals surface area contributed by atoms with E-state index in [1.54, 1.807) is 0 Å². The first-order chi connectivity index (χ1) is 10.1. The molecule has 0 saturated carbocycles. The van der Waals surface area contributed by atoms with Gasteiger partial charge in [-0.25, -0.2) is 4.98 Å². The summed E-state index contributed by atoms with van der Waals surface area (Å²) >= 11 is 0. The number of anilines is 1. The largest absolute Gasteiger partial charge is 0.399 e. The lowest BCUT2D eigenvalue weighted by molar-refractivity contribution is 0.818. The SMILES string of the molecule is CCCc1nc2cc(N)ccc2n1-c1ccc(C)c(C)c1. The van der Waals surface area contributed by atoms with Gasteiger partial charge in [0.2, 0.25) is 0 Å². The monoisotopic (exact) mass is 279 g/mol. The maximum atomic E-state index is 5.89. The number of nitrogens with two attached hydrogens (primary N) is 1. The van der Waals surface area contributed by atoms with Crippen LogP contribution >= 0.6 is 0 Å². The lowest BCUT2D eigenvalue weighted by atomic mass is 10.1. The predicted molar refractivity (Wildman–Crippen MR) is 89.0 cm³/mol. The van der Waals surface area contributed by atoms with E-state index in [0.29, 0.717) is 0 Å². The van der Waals surface area contributed by atoms with Gasteiger partial charge in [0.05, 0.1) is 11.0 Å². The molecule has 0 spiro atoms. The van der Waals surface area contributed by atoms with Crippen LogP contribution < -0.4 is 5.73 Å². The van der Waals surface area contributed by atoms with E-state index in [1.165, 1.54) is 16.8 Å². The van der Waals surface area contributed by atoms with Crippen molar-refractivity contribution in [2.24, 2.45) is 0 Å². The van der Waals surface area contributed by atoms with Gasteiger partial charge in [-0.05, 0) is 61.7 Å². The van der Waals surface area contributed by atoms with Gasteiger partial charge in [-0.15, -0.1) is 0 Å². The highest BCUT2D eigenvalue weighted by molar-refractivity contribution is 5.81. The standard InChI is InChI=1S/C18H21N3/c1-4-5-18-20-16-11-14(19)7-9-17(16)21(18)15-8-6-12(2)13(3)10-15/h6-11H,4-5,19H2,1-3H3. The summed E-state index contributed by atoms with van der Waals surface area (Å²) in [6.07, 6.45) is 2.03. The summed E-state index contributed by atoms with van der Waals surface area (Å²) in [5.41, 5.74) is 12.5. The topological polar surface area (TPSA) is 43.8 Å². The van der Waals surface area contributed by atoms with Gasteiger partial charge >= 0.3 is 0 Å². The zero-order valence-electron chi connectivity index (χ0n) is 12.9. The average molecular weight is 279 g/mol. The van der Waals surface area contributed by atoms with Crippen molar-refractivity contribution in [3.05, 3.63) is 53.3 Å². The van der Waals surface area contributed by atoms with Gasteiger partial charge in [-0.2, -0.15) is 0 Å². The van der Waals surface area contributed by atoms with E-state index in [1.807, 2.05) is 12.1 Å². The molecule has 0 aliphatic heterocycles. The Morgan fingerprint density at radius 1 is 1.05 bits per heavy atom. The van der Waals surface area contributed by atoms with Crippen molar-refractivity contribution in [1.82, 2.24) is 9.55 Å². The van der Waals surface area contributed by atoms with Crippen LogP contribution in [-0.4, -0.2) is 9.55 Å². The van der Waals surface area contributed by atoms with Crippen molar-refractivity contribution in [3.63, 3.8) is 0 Å². The molecule has 0 aliphatic rings. The second-order valence-corrected chi connectivity index (χ2v) is 5.63. The van der Waals surface area contributed by atoms with E-state index in [2.05, 4.69) is 49.6 Å². The quantitative estimate of drug-likeness (QED) is 0.731. The van der Waals surface area contributed by atoms with Crippen molar-refractivity contribution in [2.75, 3.05) is 5.73 Å². The van der Waals surface area contributed by atoms with Crippen molar-refractivity contribution >= 4 is 16.7 Å². The number of nitrogen functional groups attached to an aromatic ring is 1. The number of nitrogens with zero attached hydrogens (tertiary/aromatic N) is 2. The summed E-state index contributed by atoms with van der Waals surface area (Å²) in [7, 11) is 0. The molecule has 0 bridgehead atoms. The fourth-order valence-electron chi connectivity index (χ4n) is 2.69. The molecule has 3 nitrogen and oxygen atoms in total. The van der Waals surface area contributed by atoms with Gasteiger partial charge in [0.1, 0.15) is 5.82 Å². The second-order valence-electron chi connectivity index (χ2n) is 5.63. The number of fused-ring (bicyclic) bond motifs is 1. The first-order valence-corrected chi connectivity index (χ1v) is 7.44. The third-order valence-electron chi connectivity index (χ3n) is 3.97. The summed E-state index contributed by atoms with van der Waals surface area (Å²) in [6, 6.07) is 12.5. The molecular weight excluding hydrogens is 258 g/mol. The third kappa shape index (κ3) is 2.40. The maximum absolute atomic E-state index is 5.89. The molecule has 0 atom stereocenters. The number of hydrogen-bond acceptors (Lipinski definition) is 2. The summed E-state index contributed by atoms with van der Waals surface area (Å²) in [5.74, 6) is 1.10. The zero-order chi connectivity index (χ0) is 15.0. The highest BCUT2D eigenvalue weighted by Crippen LogP contribution is 2.25. The summed E-state index contributed by atoms with van der Waals surface area (Å²) < 4.78 is 2.25. The van der Waals surface area contributed by atoms with Gasteiger partial charge in [0.15, 0.2) is 0 Å². The van der Waals surface area contributed by atoms with Crippen LogP contribution in [0.1, 0.15) is 30.3 Å². The second kappa shape index (κ2) is 5.24. The number of benzene rings is 2. The smallest absolute Gasteiger partial charge is 0.114 e. The molecule has 0 aliphatic carbocycles. The number of rotatable bonds is 3. The number of aromatic nitrogens is 2. The Labute approximate surface area is 125 Å². The lowest BCUT2D eigenvalue weighted by Gasteiger charge is -2.11. The van der Waals surface area contributed by atoms with E-state index in [9.17, 15) is 0 Å². The molecule has 3 heteroatoms. The summed E-state index contributed by atoms with van der Waals surface area (Å²) in [4.78, 5) is 4.77. The predicted octanol–water partition coefficient (Wildman–Crippen LogP) is 4.18.